The van der Waals surface area contributed by atoms with E-state index in [1.54, 1.807) is 17.0 Å². The van der Waals surface area contributed by atoms with Crippen molar-refractivity contribution >= 4 is 21.8 Å². The molecule has 2 rings (SSSR count). The highest BCUT2D eigenvalue weighted by Gasteiger charge is 2.24. The van der Waals surface area contributed by atoms with Crippen LogP contribution in [-0.4, -0.2) is 48.4 Å². The normalized spacial score (nSPS) is 16.5. The summed E-state index contributed by atoms with van der Waals surface area (Å²) in [4.78, 5) is 16.5. The number of benzene rings is 1. The van der Waals surface area contributed by atoms with E-state index in [0.29, 0.717) is 19.0 Å². The van der Waals surface area contributed by atoms with Crippen LogP contribution in [0.25, 0.3) is 0 Å². The quantitative estimate of drug-likeness (QED) is 0.825. The van der Waals surface area contributed by atoms with Crippen LogP contribution >= 0.6 is 15.9 Å². The van der Waals surface area contributed by atoms with E-state index in [4.69, 9.17) is 0 Å². The zero-order valence-electron chi connectivity index (χ0n) is 12.6. The molecule has 0 atom stereocenters. The van der Waals surface area contributed by atoms with Crippen LogP contribution in [-0.2, 0) is 0 Å². The highest BCUT2D eigenvalue weighted by molar-refractivity contribution is 9.10. The highest BCUT2D eigenvalue weighted by atomic mass is 79.9. The molecule has 0 saturated carbocycles. The second-order valence-electron chi connectivity index (χ2n) is 5.94. The molecule has 0 unspecified atom stereocenters. The lowest BCUT2D eigenvalue weighted by atomic mass is 10.1. The second kappa shape index (κ2) is 7.36. The summed E-state index contributed by atoms with van der Waals surface area (Å²) in [6.45, 7) is 8.59. The molecule has 1 aromatic carbocycles. The van der Waals surface area contributed by atoms with Gasteiger partial charge in [-0.2, -0.15) is 0 Å². The van der Waals surface area contributed by atoms with Gasteiger partial charge in [0.15, 0.2) is 0 Å². The number of piperazine rings is 1. The maximum absolute atomic E-state index is 13.8. The highest BCUT2D eigenvalue weighted by Crippen LogP contribution is 2.18. The number of carbonyl (C=O) groups is 1. The van der Waals surface area contributed by atoms with E-state index in [1.807, 2.05) is 0 Å². The summed E-state index contributed by atoms with van der Waals surface area (Å²) >= 11 is 3.29. The van der Waals surface area contributed by atoms with Crippen molar-refractivity contribution in [2.24, 2.45) is 5.92 Å². The standard InChI is InChI=1S/C16H22BrFN2O/c1-12(2)5-6-19-7-9-20(10-8-19)16(21)14-11-13(17)3-4-15(14)18/h3-4,11-12H,5-10H2,1-2H3. The van der Waals surface area contributed by atoms with Gasteiger partial charge in [-0.05, 0) is 37.1 Å². The van der Waals surface area contributed by atoms with Gasteiger partial charge in [0.1, 0.15) is 5.82 Å². The molecule has 1 heterocycles. The fraction of sp³-hybridized carbons (Fsp3) is 0.562. The third-order valence-corrected chi connectivity index (χ3v) is 4.33. The summed E-state index contributed by atoms with van der Waals surface area (Å²) in [6, 6.07) is 4.50. The minimum Gasteiger partial charge on any atom is -0.336 e. The molecule has 0 spiro atoms. The van der Waals surface area contributed by atoms with E-state index in [-0.39, 0.29) is 11.5 Å². The van der Waals surface area contributed by atoms with Crippen LogP contribution in [0.5, 0.6) is 0 Å². The number of nitrogens with zero attached hydrogens (tertiary/aromatic N) is 2. The van der Waals surface area contributed by atoms with Crippen molar-refractivity contribution in [3.8, 4) is 0 Å². The average molecular weight is 357 g/mol. The van der Waals surface area contributed by atoms with Gasteiger partial charge in [0, 0.05) is 30.7 Å². The molecule has 1 aliphatic heterocycles. The number of hydrogen-bond donors (Lipinski definition) is 0. The first-order chi connectivity index (χ1) is 9.97. The molecule has 0 N–H and O–H groups in total. The second-order valence-corrected chi connectivity index (χ2v) is 6.86. The molecule has 1 aliphatic rings. The van der Waals surface area contributed by atoms with Crippen LogP contribution in [0.3, 0.4) is 0 Å². The van der Waals surface area contributed by atoms with E-state index in [9.17, 15) is 9.18 Å². The minimum absolute atomic E-state index is 0.153. The topological polar surface area (TPSA) is 23.6 Å². The van der Waals surface area contributed by atoms with Crippen LogP contribution in [0, 0.1) is 11.7 Å². The van der Waals surface area contributed by atoms with Crippen LogP contribution in [0.4, 0.5) is 4.39 Å². The molecule has 1 amide bonds. The Morgan fingerprint density at radius 3 is 2.57 bits per heavy atom. The fourth-order valence-corrected chi connectivity index (χ4v) is 2.81. The van der Waals surface area contributed by atoms with Gasteiger partial charge < -0.3 is 4.90 Å². The van der Waals surface area contributed by atoms with Gasteiger partial charge in [0.05, 0.1) is 5.56 Å². The summed E-state index contributed by atoms with van der Waals surface area (Å²) in [5.74, 6) is 0.0307. The predicted molar refractivity (Wildman–Crippen MR) is 85.9 cm³/mol. The number of rotatable bonds is 4. The van der Waals surface area contributed by atoms with Crippen molar-refractivity contribution in [1.29, 1.82) is 0 Å². The molecule has 1 fully saturated rings. The van der Waals surface area contributed by atoms with E-state index >= 15 is 0 Å². The fourth-order valence-electron chi connectivity index (χ4n) is 2.45. The molecule has 0 bridgehead atoms. The molecule has 0 aliphatic carbocycles. The molecule has 116 valence electrons. The van der Waals surface area contributed by atoms with E-state index in [1.165, 1.54) is 12.5 Å². The van der Waals surface area contributed by atoms with E-state index in [0.717, 1.165) is 24.1 Å². The summed E-state index contributed by atoms with van der Waals surface area (Å²) in [5.41, 5.74) is 0.153. The predicted octanol–water partition coefficient (Wildman–Crippen LogP) is 3.39. The summed E-state index contributed by atoms with van der Waals surface area (Å²) in [6.07, 6.45) is 1.17. The summed E-state index contributed by atoms with van der Waals surface area (Å²) < 4.78 is 14.5. The molecule has 3 nitrogen and oxygen atoms in total. The molecular weight excluding hydrogens is 335 g/mol. The lowest BCUT2D eigenvalue weighted by Gasteiger charge is -2.35. The van der Waals surface area contributed by atoms with Gasteiger partial charge >= 0.3 is 0 Å². The Bertz CT molecular complexity index is 499. The molecule has 0 radical (unpaired) electrons. The Kier molecular flexibility index (Phi) is 5.76. The van der Waals surface area contributed by atoms with E-state index in [2.05, 4.69) is 34.7 Å². The van der Waals surface area contributed by atoms with Gasteiger partial charge in [-0.15, -0.1) is 0 Å². The Hall–Kier alpha value is -0.940. The van der Waals surface area contributed by atoms with Crippen molar-refractivity contribution in [1.82, 2.24) is 9.80 Å². The van der Waals surface area contributed by atoms with Crippen molar-refractivity contribution in [3.05, 3.63) is 34.1 Å². The van der Waals surface area contributed by atoms with Crippen molar-refractivity contribution in [3.63, 3.8) is 0 Å². The van der Waals surface area contributed by atoms with E-state index < -0.39 is 5.82 Å². The largest absolute Gasteiger partial charge is 0.336 e. The monoisotopic (exact) mass is 356 g/mol. The lowest BCUT2D eigenvalue weighted by Crippen LogP contribution is -2.49. The summed E-state index contributed by atoms with van der Waals surface area (Å²) in [7, 11) is 0. The van der Waals surface area contributed by atoms with Gasteiger partial charge in [0.25, 0.3) is 5.91 Å². The van der Waals surface area contributed by atoms with Gasteiger partial charge in [0.2, 0.25) is 0 Å². The van der Waals surface area contributed by atoms with Crippen molar-refractivity contribution < 1.29 is 9.18 Å². The molecule has 5 heteroatoms. The molecule has 1 saturated heterocycles. The van der Waals surface area contributed by atoms with Gasteiger partial charge in [-0.3, -0.25) is 9.69 Å². The number of carbonyl (C=O) groups excluding carboxylic acids is 1. The SMILES string of the molecule is CC(C)CCN1CCN(C(=O)c2cc(Br)ccc2F)CC1. The zero-order chi connectivity index (χ0) is 15.4. The third kappa shape index (κ3) is 4.51. The van der Waals surface area contributed by atoms with Crippen molar-refractivity contribution in [2.75, 3.05) is 32.7 Å². The minimum atomic E-state index is -0.453. The molecule has 0 aromatic heterocycles. The average Bonchev–Trinajstić information content (AvgIpc) is 2.47. The smallest absolute Gasteiger partial charge is 0.256 e. The first kappa shape index (κ1) is 16.4. The molecule has 1 aromatic rings. The maximum atomic E-state index is 13.8. The van der Waals surface area contributed by atoms with Crippen molar-refractivity contribution in [2.45, 2.75) is 20.3 Å². The third-order valence-electron chi connectivity index (χ3n) is 3.84. The first-order valence-electron chi connectivity index (χ1n) is 7.44. The van der Waals surface area contributed by atoms with Crippen LogP contribution in [0.1, 0.15) is 30.6 Å². The number of halogens is 2. The molecule has 21 heavy (non-hydrogen) atoms. The lowest BCUT2D eigenvalue weighted by molar-refractivity contribution is 0.0627. The van der Waals surface area contributed by atoms with Gasteiger partial charge in [-0.25, -0.2) is 4.39 Å². The molecular formula is C16H22BrFN2O. The first-order valence-corrected chi connectivity index (χ1v) is 8.23. The van der Waals surface area contributed by atoms with Crippen LogP contribution in [0.15, 0.2) is 22.7 Å². The Morgan fingerprint density at radius 2 is 1.95 bits per heavy atom. The van der Waals surface area contributed by atoms with Gasteiger partial charge in [-0.1, -0.05) is 29.8 Å². The number of amides is 1. The zero-order valence-corrected chi connectivity index (χ0v) is 14.2. The Morgan fingerprint density at radius 1 is 1.29 bits per heavy atom. The Balaban J connectivity index is 1.92. The maximum Gasteiger partial charge on any atom is 0.256 e. The number of hydrogen-bond acceptors (Lipinski definition) is 2. The van der Waals surface area contributed by atoms with Crippen LogP contribution in [0.2, 0.25) is 0 Å². The Labute approximate surface area is 134 Å². The summed E-state index contributed by atoms with van der Waals surface area (Å²) in [5, 5.41) is 0. The van der Waals surface area contributed by atoms with Crippen LogP contribution < -0.4 is 0 Å².